The molecular formula is C22H41N5O2. The molecule has 2 fully saturated rings. The number of hydrogen-bond donors (Lipinski definition) is 2. The Morgan fingerprint density at radius 1 is 1.24 bits per heavy atom. The van der Waals surface area contributed by atoms with Crippen LogP contribution in [0.25, 0.3) is 0 Å². The summed E-state index contributed by atoms with van der Waals surface area (Å²) in [6.07, 6.45) is 13.6. The fourth-order valence-corrected chi connectivity index (χ4v) is 4.64. The molecule has 2 rings (SSSR count). The van der Waals surface area contributed by atoms with E-state index in [9.17, 15) is 9.59 Å². The lowest BCUT2D eigenvalue weighted by molar-refractivity contribution is -0.114. The Morgan fingerprint density at radius 3 is 2.66 bits per heavy atom. The summed E-state index contributed by atoms with van der Waals surface area (Å²) in [4.78, 5) is 31.4. The highest BCUT2D eigenvalue weighted by atomic mass is 16.2. The summed E-state index contributed by atoms with van der Waals surface area (Å²) >= 11 is 0. The smallest absolute Gasteiger partial charge is 0.317 e. The maximum Gasteiger partial charge on any atom is 0.317 e. The largest absolute Gasteiger partial charge is 0.369 e. The predicted octanol–water partition coefficient (Wildman–Crippen LogP) is 3.34. The monoisotopic (exact) mass is 407 g/mol. The number of likely N-dealkylation sites (tertiary alicyclic amines) is 1. The normalized spacial score (nSPS) is 22.2. The van der Waals surface area contributed by atoms with E-state index >= 15 is 0 Å². The standard InChI is InChI=1S/C22H41N5O2/c1-3-13-24-22(29)27-14-7-10-19(16-27)15-20(25-21(23)26(2)17-28)12-11-18-8-5-4-6-9-18/h17-20H,3-16H2,1-2H3,(H2,23,25)(H,24,29)/t19?,20-/m1/s1. The van der Waals surface area contributed by atoms with Gasteiger partial charge in [-0.25, -0.2) is 9.79 Å². The van der Waals surface area contributed by atoms with Crippen molar-refractivity contribution >= 4 is 18.4 Å². The number of carbonyl (C=O) groups excluding carboxylic acids is 2. The van der Waals surface area contributed by atoms with Gasteiger partial charge in [0.25, 0.3) is 0 Å². The topological polar surface area (TPSA) is 91.0 Å². The number of aliphatic imine (C=N–C) groups is 1. The fourth-order valence-electron chi connectivity index (χ4n) is 4.64. The number of carbonyl (C=O) groups is 2. The van der Waals surface area contributed by atoms with Crippen molar-refractivity contribution in [3.8, 4) is 0 Å². The predicted molar refractivity (Wildman–Crippen MR) is 118 cm³/mol. The highest BCUT2D eigenvalue weighted by Crippen LogP contribution is 2.30. The van der Waals surface area contributed by atoms with E-state index in [-0.39, 0.29) is 12.1 Å². The quantitative estimate of drug-likeness (QED) is 0.349. The molecule has 2 atom stereocenters. The lowest BCUT2D eigenvalue weighted by Crippen LogP contribution is -2.46. The fraction of sp³-hybridized carbons (Fsp3) is 0.864. The van der Waals surface area contributed by atoms with Crippen LogP contribution in [0.5, 0.6) is 0 Å². The molecule has 1 saturated carbocycles. The minimum absolute atomic E-state index is 0.0546. The second kappa shape index (κ2) is 12.7. The zero-order chi connectivity index (χ0) is 21.1. The number of hydrogen-bond acceptors (Lipinski definition) is 3. The van der Waals surface area contributed by atoms with Gasteiger partial charge in [-0.3, -0.25) is 9.69 Å². The first-order chi connectivity index (χ1) is 14.0. The molecule has 7 heteroatoms. The molecule has 1 unspecified atom stereocenters. The first kappa shape index (κ1) is 23.5. The van der Waals surface area contributed by atoms with E-state index < -0.39 is 0 Å². The number of nitrogens with zero attached hydrogens (tertiary/aromatic N) is 3. The number of guanidine groups is 1. The van der Waals surface area contributed by atoms with E-state index in [1.807, 2.05) is 4.90 Å². The summed E-state index contributed by atoms with van der Waals surface area (Å²) in [7, 11) is 1.64. The molecule has 1 aliphatic carbocycles. The van der Waals surface area contributed by atoms with Crippen LogP contribution in [0.1, 0.15) is 77.6 Å². The third-order valence-corrected chi connectivity index (χ3v) is 6.41. The summed E-state index contributed by atoms with van der Waals surface area (Å²) in [6, 6.07) is 0.169. The van der Waals surface area contributed by atoms with Gasteiger partial charge in [0.1, 0.15) is 0 Å². The van der Waals surface area contributed by atoms with Crippen molar-refractivity contribution in [2.75, 3.05) is 26.7 Å². The summed E-state index contributed by atoms with van der Waals surface area (Å²) < 4.78 is 0. The van der Waals surface area contributed by atoms with Crippen molar-refractivity contribution in [3.05, 3.63) is 0 Å². The SMILES string of the molecule is CCCNC(=O)N1CCCC(C[C@@H](CCC2CCCCC2)N=C(N)N(C)C=O)C1. The van der Waals surface area contributed by atoms with Crippen molar-refractivity contribution in [1.82, 2.24) is 15.1 Å². The van der Waals surface area contributed by atoms with Crippen molar-refractivity contribution in [2.24, 2.45) is 22.6 Å². The molecule has 0 spiro atoms. The molecule has 166 valence electrons. The first-order valence-corrected chi connectivity index (χ1v) is 11.6. The number of nitrogens with one attached hydrogen (secondary N) is 1. The van der Waals surface area contributed by atoms with Gasteiger partial charge in [-0.15, -0.1) is 0 Å². The molecule has 3 amide bonds. The third-order valence-electron chi connectivity index (χ3n) is 6.41. The maximum absolute atomic E-state index is 12.3. The molecule has 3 N–H and O–H groups in total. The minimum Gasteiger partial charge on any atom is -0.369 e. The zero-order valence-electron chi connectivity index (χ0n) is 18.4. The molecule has 1 heterocycles. The molecule has 0 aromatic rings. The number of rotatable bonds is 9. The lowest BCUT2D eigenvalue weighted by Gasteiger charge is -2.34. The average molecular weight is 408 g/mol. The molecule has 0 radical (unpaired) electrons. The van der Waals surface area contributed by atoms with E-state index in [1.54, 1.807) is 7.05 Å². The van der Waals surface area contributed by atoms with Crippen LogP contribution in [0.4, 0.5) is 4.79 Å². The molecule has 7 nitrogen and oxygen atoms in total. The Kier molecular flexibility index (Phi) is 10.3. The number of piperidine rings is 1. The molecule has 0 aromatic carbocycles. The van der Waals surface area contributed by atoms with E-state index in [0.717, 1.165) is 57.7 Å². The number of urea groups is 1. The second-order valence-corrected chi connectivity index (χ2v) is 8.86. The second-order valence-electron chi connectivity index (χ2n) is 8.86. The van der Waals surface area contributed by atoms with Crippen LogP contribution in [-0.4, -0.2) is 60.9 Å². The number of amides is 3. The highest BCUT2D eigenvalue weighted by molar-refractivity contribution is 5.87. The van der Waals surface area contributed by atoms with Crippen LogP contribution >= 0.6 is 0 Å². The molecule has 0 aromatic heterocycles. The van der Waals surface area contributed by atoms with Gasteiger partial charge in [0, 0.05) is 26.7 Å². The Balaban J connectivity index is 1.95. The van der Waals surface area contributed by atoms with E-state index in [2.05, 4.69) is 12.2 Å². The highest BCUT2D eigenvalue weighted by Gasteiger charge is 2.26. The molecule has 0 bridgehead atoms. The van der Waals surface area contributed by atoms with Crippen LogP contribution < -0.4 is 11.1 Å². The van der Waals surface area contributed by atoms with Crippen molar-refractivity contribution in [3.63, 3.8) is 0 Å². The molecular weight excluding hydrogens is 366 g/mol. The molecule has 1 saturated heterocycles. The summed E-state index contributed by atoms with van der Waals surface area (Å²) in [5, 5.41) is 2.99. The van der Waals surface area contributed by atoms with Crippen molar-refractivity contribution in [1.29, 1.82) is 0 Å². The Hall–Kier alpha value is -1.79. The maximum atomic E-state index is 12.3. The van der Waals surface area contributed by atoms with Crippen molar-refractivity contribution < 1.29 is 9.59 Å². The van der Waals surface area contributed by atoms with Crippen LogP contribution in [0.15, 0.2) is 4.99 Å². The molecule has 2 aliphatic rings. The Labute approximate surface area is 176 Å². The van der Waals surface area contributed by atoms with Crippen LogP contribution in [0, 0.1) is 11.8 Å². The van der Waals surface area contributed by atoms with Gasteiger partial charge in [0.2, 0.25) is 6.41 Å². The molecule has 29 heavy (non-hydrogen) atoms. The lowest BCUT2D eigenvalue weighted by atomic mass is 9.83. The van der Waals surface area contributed by atoms with E-state index in [0.29, 0.717) is 18.3 Å². The van der Waals surface area contributed by atoms with Crippen LogP contribution in [0.3, 0.4) is 0 Å². The van der Waals surface area contributed by atoms with Crippen LogP contribution in [-0.2, 0) is 4.79 Å². The van der Waals surface area contributed by atoms with Crippen molar-refractivity contribution in [2.45, 2.75) is 83.6 Å². The summed E-state index contributed by atoms with van der Waals surface area (Å²) in [5.74, 6) is 1.53. The molecule has 1 aliphatic heterocycles. The van der Waals surface area contributed by atoms with E-state index in [4.69, 9.17) is 10.7 Å². The summed E-state index contributed by atoms with van der Waals surface area (Å²) in [6.45, 7) is 4.41. The zero-order valence-corrected chi connectivity index (χ0v) is 18.4. The Morgan fingerprint density at radius 2 is 1.97 bits per heavy atom. The van der Waals surface area contributed by atoms with E-state index in [1.165, 1.54) is 43.4 Å². The van der Waals surface area contributed by atoms with Gasteiger partial charge < -0.3 is 16.0 Å². The van der Waals surface area contributed by atoms with Gasteiger partial charge in [0.15, 0.2) is 5.96 Å². The van der Waals surface area contributed by atoms with Gasteiger partial charge in [-0.05, 0) is 50.4 Å². The number of nitrogens with two attached hydrogens (primary N) is 1. The Bertz CT molecular complexity index is 533. The van der Waals surface area contributed by atoms with Crippen LogP contribution in [0.2, 0.25) is 0 Å². The average Bonchev–Trinajstić information content (AvgIpc) is 2.76. The van der Waals surface area contributed by atoms with Gasteiger partial charge in [0.05, 0.1) is 6.04 Å². The first-order valence-electron chi connectivity index (χ1n) is 11.6. The van der Waals surface area contributed by atoms with Gasteiger partial charge in [-0.2, -0.15) is 0 Å². The minimum atomic E-state index is 0.0546. The third kappa shape index (κ3) is 8.23. The van der Waals surface area contributed by atoms with Gasteiger partial charge in [-0.1, -0.05) is 39.0 Å². The van der Waals surface area contributed by atoms with Gasteiger partial charge >= 0.3 is 6.03 Å². The summed E-state index contributed by atoms with van der Waals surface area (Å²) in [5.41, 5.74) is 6.04.